The maximum absolute atomic E-state index is 14.1. The van der Waals surface area contributed by atoms with Gasteiger partial charge < -0.3 is 30.3 Å². The number of hydrogen-bond acceptors (Lipinski definition) is 9. The van der Waals surface area contributed by atoms with Crippen LogP contribution in [0.4, 0.5) is 10.5 Å². The fraction of sp³-hybridized carbons (Fsp3) is 0.636. The number of carbonyl (C=O) groups excluding carboxylic acids is 4. The summed E-state index contributed by atoms with van der Waals surface area (Å²) >= 11 is 0. The predicted octanol–water partition coefficient (Wildman–Crippen LogP) is 2.97. The van der Waals surface area contributed by atoms with E-state index in [-0.39, 0.29) is 30.4 Å². The van der Waals surface area contributed by atoms with Gasteiger partial charge in [0.25, 0.3) is 15.9 Å². The lowest BCUT2D eigenvalue weighted by Gasteiger charge is -2.30. The van der Waals surface area contributed by atoms with E-state index < -0.39 is 63.5 Å². The molecule has 5 rings (SSSR count). The molecule has 1 aromatic carbocycles. The summed E-state index contributed by atoms with van der Waals surface area (Å²) in [5.41, 5.74) is -1.18. The van der Waals surface area contributed by atoms with Crippen molar-refractivity contribution in [2.75, 3.05) is 25.5 Å². The van der Waals surface area contributed by atoms with Gasteiger partial charge in [-0.1, -0.05) is 43.9 Å². The first-order valence-corrected chi connectivity index (χ1v) is 18.2. The van der Waals surface area contributed by atoms with E-state index in [0.29, 0.717) is 25.1 Å². The number of carbonyl (C=O) groups is 4. The molecule has 2 saturated carbocycles. The molecule has 0 bridgehead atoms. The number of para-hydroxylation sites is 1. The first-order chi connectivity index (χ1) is 22.6. The predicted molar refractivity (Wildman–Crippen MR) is 174 cm³/mol. The highest BCUT2D eigenvalue weighted by atomic mass is 32.2. The quantitative estimate of drug-likeness (QED) is 0.351. The minimum absolute atomic E-state index is 0.0689. The van der Waals surface area contributed by atoms with E-state index in [1.54, 1.807) is 18.2 Å². The molecule has 2 aliphatic carbocycles. The fourth-order valence-electron chi connectivity index (χ4n) is 6.93. The molecular formula is C33H47N5O8S. The van der Waals surface area contributed by atoms with Gasteiger partial charge >= 0.3 is 6.09 Å². The number of nitrogens with zero attached hydrogens (tertiary/aromatic N) is 1. The number of methoxy groups -OCH3 is 1. The number of alkyl carbamates (subject to hydrolysis) is 1. The number of hydrogen-bond donors (Lipinski definition) is 4. The Balaban J connectivity index is 1.41. The Hall–Kier alpha value is -3.65. The molecular weight excluding hydrogens is 626 g/mol. The van der Waals surface area contributed by atoms with Crippen LogP contribution in [0.1, 0.15) is 77.0 Å². The molecule has 258 valence electrons. The molecule has 14 heteroatoms. The molecule has 4 amide bonds. The Kier molecular flexibility index (Phi) is 11.1. The lowest BCUT2D eigenvalue weighted by atomic mass is 10.0. The smallest absolute Gasteiger partial charge is 0.408 e. The molecule has 1 aromatic rings. The van der Waals surface area contributed by atoms with Gasteiger partial charge in [-0.15, -0.1) is 6.58 Å². The van der Waals surface area contributed by atoms with Crippen LogP contribution in [0, 0.1) is 5.92 Å². The summed E-state index contributed by atoms with van der Waals surface area (Å²) in [5, 5.41) is 8.74. The summed E-state index contributed by atoms with van der Waals surface area (Å²) in [6, 6.07) is 4.45. The summed E-state index contributed by atoms with van der Waals surface area (Å²) in [4.78, 5) is 55.9. The Morgan fingerprint density at radius 3 is 2.45 bits per heavy atom. The van der Waals surface area contributed by atoms with Crippen LogP contribution >= 0.6 is 0 Å². The summed E-state index contributed by atoms with van der Waals surface area (Å²) < 4.78 is 40.3. The molecule has 1 spiro atoms. The van der Waals surface area contributed by atoms with Gasteiger partial charge in [0.2, 0.25) is 11.8 Å². The van der Waals surface area contributed by atoms with Crippen LogP contribution in [0.25, 0.3) is 0 Å². The van der Waals surface area contributed by atoms with Crippen molar-refractivity contribution >= 4 is 39.5 Å². The average Bonchev–Trinajstić information content (AvgIpc) is 3.33. The normalized spacial score (nSPS) is 30.7. The number of amides is 4. The maximum atomic E-state index is 14.1. The van der Waals surface area contributed by atoms with Crippen LogP contribution in [0.3, 0.4) is 0 Å². The standard InChI is InChI=1S/C33H47N5O8S/c1-3-22-20-33(22)31(41)37-47(43,44)28-17-11-10-15-25(28)34-18-12-6-4-5-7-16-26(35-32(42)46-23-13-8-9-14-23)30(40)38-21-24(45-2)19-27(38)29(39)36-33/h3,10-11,15,17,22-24,26-27,34H,1,4-9,12-14,16,18-21H2,2H3,(H,35,42)(H,36,39)(H,37,41)/t22-,24-,26+,27+,33-/m1/s1. The Bertz CT molecular complexity index is 1450. The van der Waals surface area contributed by atoms with E-state index in [1.165, 1.54) is 24.2 Å². The lowest BCUT2D eigenvalue weighted by molar-refractivity contribution is -0.141. The van der Waals surface area contributed by atoms with Gasteiger partial charge in [-0.2, -0.15) is 0 Å². The van der Waals surface area contributed by atoms with E-state index in [2.05, 4.69) is 27.3 Å². The zero-order chi connectivity index (χ0) is 33.6. The summed E-state index contributed by atoms with van der Waals surface area (Å²) in [5.74, 6) is -2.44. The van der Waals surface area contributed by atoms with Crippen molar-refractivity contribution in [3.63, 3.8) is 0 Å². The summed E-state index contributed by atoms with van der Waals surface area (Å²) in [6.07, 6.45) is 8.47. The molecule has 5 atom stereocenters. The second-order valence-electron chi connectivity index (χ2n) is 13.0. The van der Waals surface area contributed by atoms with Crippen molar-refractivity contribution in [3.8, 4) is 0 Å². The van der Waals surface area contributed by atoms with Crippen LogP contribution in [-0.2, 0) is 33.9 Å². The van der Waals surface area contributed by atoms with Crippen LogP contribution in [0.2, 0.25) is 0 Å². The highest BCUT2D eigenvalue weighted by molar-refractivity contribution is 7.90. The molecule has 0 radical (unpaired) electrons. The molecule has 0 unspecified atom stereocenters. The van der Waals surface area contributed by atoms with Crippen molar-refractivity contribution in [2.45, 2.75) is 112 Å². The van der Waals surface area contributed by atoms with Crippen molar-refractivity contribution in [1.82, 2.24) is 20.3 Å². The molecule has 4 aliphatic rings. The lowest BCUT2D eigenvalue weighted by Crippen LogP contribution is -2.58. The van der Waals surface area contributed by atoms with Gasteiger partial charge in [-0.25, -0.2) is 17.9 Å². The Morgan fingerprint density at radius 1 is 1.02 bits per heavy atom. The van der Waals surface area contributed by atoms with Crippen molar-refractivity contribution in [1.29, 1.82) is 0 Å². The number of sulfonamides is 1. The molecule has 1 saturated heterocycles. The zero-order valence-corrected chi connectivity index (χ0v) is 27.8. The largest absolute Gasteiger partial charge is 0.446 e. The number of ether oxygens (including phenoxy) is 2. The van der Waals surface area contributed by atoms with Gasteiger partial charge in [-0.3, -0.25) is 14.4 Å². The number of benzene rings is 1. The Morgan fingerprint density at radius 2 is 1.72 bits per heavy atom. The van der Waals surface area contributed by atoms with Crippen molar-refractivity contribution in [2.24, 2.45) is 5.92 Å². The first-order valence-electron chi connectivity index (χ1n) is 16.7. The van der Waals surface area contributed by atoms with Gasteiger partial charge in [-0.05, 0) is 57.1 Å². The van der Waals surface area contributed by atoms with Crippen molar-refractivity contribution < 1.29 is 37.1 Å². The molecule has 2 aliphatic heterocycles. The number of fused-ring (bicyclic) bond motifs is 2. The van der Waals surface area contributed by atoms with E-state index in [0.717, 1.165) is 51.4 Å². The molecule has 2 heterocycles. The third-order valence-electron chi connectivity index (χ3n) is 9.79. The first kappa shape index (κ1) is 34.7. The van der Waals surface area contributed by atoms with Crippen molar-refractivity contribution in [3.05, 3.63) is 36.9 Å². The van der Waals surface area contributed by atoms with E-state index in [4.69, 9.17) is 9.47 Å². The highest BCUT2D eigenvalue weighted by Gasteiger charge is 2.61. The minimum Gasteiger partial charge on any atom is -0.446 e. The van der Waals surface area contributed by atoms with Crippen LogP contribution < -0.4 is 20.7 Å². The maximum Gasteiger partial charge on any atom is 0.408 e. The zero-order valence-electron chi connectivity index (χ0n) is 27.0. The van der Waals surface area contributed by atoms with Crippen LogP contribution in [-0.4, -0.2) is 87.2 Å². The SMILES string of the molecule is C=C[C@@H]1C[C@@]12NC(=O)[C@@H]1C[C@@H](OC)CN1C(=O)[C@@H](NC(=O)OC1CCCC1)CCCCCCCNc1ccccc1S(=O)(=O)NC2=O. The topological polar surface area (TPSA) is 172 Å². The molecule has 47 heavy (non-hydrogen) atoms. The number of rotatable bonds is 4. The number of anilines is 1. The average molecular weight is 674 g/mol. The van der Waals surface area contributed by atoms with Gasteiger partial charge in [0.05, 0.1) is 11.8 Å². The molecule has 13 nitrogen and oxygen atoms in total. The molecule has 3 fully saturated rings. The number of nitrogens with one attached hydrogen (secondary N) is 4. The highest BCUT2D eigenvalue weighted by Crippen LogP contribution is 2.45. The Labute approximate surface area is 276 Å². The molecule has 0 aromatic heterocycles. The third-order valence-corrected chi connectivity index (χ3v) is 11.2. The van der Waals surface area contributed by atoms with E-state index in [1.807, 2.05) is 0 Å². The fourth-order valence-corrected chi connectivity index (χ4v) is 8.15. The second-order valence-corrected chi connectivity index (χ2v) is 14.7. The summed E-state index contributed by atoms with van der Waals surface area (Å²) in [7, 11) is -2.81. The van der Waals surface area contributed by atoms with E-state index in [9.17, 15) is 27.6 Å². The van der Waals surface area contributed by atoms with Gasteiger partial charge in [0, 0.05) is 32.5 Å². The van der Waals surface area contributed by atoms with Gasteiger partial charge in [0.15, 0.2) is 0 Å². The van der Waals surface area contributed by atoms with E-state index >= 15 is 0 Å². The summed E-state index contributed by atoms with van der Waals surface area (Å²) in [6.45, 7) is 4.41. The van der Waals surface area contributed by atoms with Gasteiger partial charge in [0.1, 0.15) is 28.6 Å². The van der Waals surface area contributed by atoms with Crippen LogP contribution in [0.15, 0.2) is 41.8 Å². The molecule has 4 N–H and O–H groups in total. The second kappa shape index (κ2) is 15.1. The minimum atomic E-state index is -4.31. The monoisotopic (exact) mass is 673 g/mol. The third kappa shape index (κ3) is 8.08. The van der Waals surface area contributed by atoms with Crippen LogP contribution in [0.5, 0.6) is 0 Å².